The average Bonchev–Trinajstić information content (AvgIpc) is 2.28. The first-order valence-electron chi connectivity index (χ1n) is 4.78. The van der Waals surface area contributed by atoms with Gasteiger partial charge in [0.1, 0.15) is 6.61 Å². The zero-order chi connectivity index (χ0) is 11.4. The van der Waals surface area contributed by atoms with E-state index in [2.05, 4.69) is 6.07 Å². The van der Waals surface area contributed by atoms with E-state index in [4.69, 9.17) is 16.3 Å². The Morgan fingerprint density at radius 1 is 1.17 bits per heavy atom. The molecule has 2 rings (SSSR count). The van der Waals surface area contributed by atoms with E-state index in [-0.39, 0.29) is 45.9 Å². The van der Waals surface area contributed by atoms with E-state index in [9.17, 15) is 4.39 Å². The summed E-state index contributed by atoms with van der Waals surface area (Å²) in [5.74, 6) is 0.0693. The number of hydrogen-bond donors (Lipinski definition) is 0. The molecule has 0 N–H and O–H groups in total. The van der Waals surface area contributed by atoms with E-state index in [1.165, 1.54) is 18.2 Å². The van der Waals surface area contributed by atoms with Crippen LogP contribution in [-0.2, 0) is 6.61 Å². The molecule has 0 aliphatic heterocycles. The predicted octanol–water partition coefficient (Wildman–Crippen LogP) is 0.481. The molecule has 0 saturated heterocycles. The van der Waals surface area contributed by atoms with Gasteiger partial charge in [-0.15, -0.1) is 12.1 Å². The van der Waals surface area contributed by atoms with Crippen LogP contribution in [0, 0.1) is 11.9 Å². The summed E-state index contributed by atoms with van der Waals surface area (Å²) < 4.78 is 18.2. The maximum absolute atomic E-state index is 12.8. The van der Waals surface area contributed by atoms with Gasteiger partial charge in [-0.2, -0.15) is 6.07 Å². The van der Waals surface area contributed by atoms with Gasteiger partial charge in [-0.1, -0.05) is 29.8 Å². The minimum atomic E-state index is -0.329. The summed E-state index contributed by atoms with van der Waals surface area (Å²) in [5.41, 5.74) is 0.974. The van der Waals surface area contributed by atoms with Crippen molar-refractivity contribution < 1.29 is 26.1 Å². The maximum atomic E-state index is 12.8. The molecule has 0 bridgehead atoms. The summed E-state index contributed by atoms with van der Waals surface area (Å²) >= 11 is 5.75. The van der Waals surface area contributed by atoms with Gasteiger partial charge in [0.15, 0.2) is 0 Å². The Morgan fingerprint density at radius 3 is 2.44 bits per heavy atom. The van der Waals surface area contributed by atoms with Gasteiger partial charge < -0.3 is 21.7 Å². The summed E-state index contributed by atoms with van der Waals surface area (Å²) in [6.45, 7) is 0.372. The van der Waals surface area contributed by atoms with Gasteiger partial charge >= 0.3 is 23.1 Å². The summed E-state index contributed by atoms with van der Waals surface area (Å²) in [7, 11) is 0. The van der Waals surface area contributed by atoms with Crippen LogP contribution in [0.3, 0.4) is 0 Å². The van der Waals surface area contributed by atoms with E-state index in [1.54, 1.807) is 12.1 Å². The van der Waals surface area contributed by atoms with Gasteiger partial charge in [0.25, 0.3) is 0 Å². The van der Waals surface area contributed by atoms with Crippen molar-refractivity contribution >= 4 is 34.7 Å². The van der Waals surface area contributed by atoms with E-state index >= 15 is 0 Å². The molecule has 0 saturated carbocycles. The molecule has 0 aliphatic rings. The average molecular weight is 340 g/mol. The van der Waals surface area contributed by atoms with Gasteiger partial charge in [0, 0.05) is 16.6 Å². The van der Waals surface area contributed by atoms with Crippen molar-refractivity contribution in [3.8, 4) is 5.75 Å². The summed E-state index contributed by atoms with van der Waals surface area (Å²) in [6.07, 6.45) is 0. The molecule has 0 atom stereocenters. The van der Waals surface area contributed by atoms with Crippen molar-refractivity contribution in [2.24, 2.45) is 0 Å². The molecule has 90 valence electrons. The molecule has 5 heteroatoms. The van der Waals surface area contributed by atoms with Crippen molar-refractivity contribution in [3.63, 3.8) is 0 Å². The molecule has 2 aromatic rings. The first-order valence-corrected chi connectivity index (χ1v) is 5.16. The Morgan fingerprint density at radius 2 is 1.83 bits per heavy atom. The Bertz CT molecular complexity index is 479. The Kier molecular flexibility index (Phi) is 8.60. The van der Waals surface area contributed by atoms with E-state index in [0.717, 1.165) is 5.56 Å². The molecule has 2 aromatic carbocycles. The summed E-state index contributed by atoms with van der Waals surface area (Å²) in [4.78, 5) is 0. The largest absolute Gasteiger partial charge is 2.00 e. The van der Waals surface area contributed by atoms with Crippen LogP contribution >= 0.6 is 11.6 Å². The predicted molar refractivity (Wildman–Crippen MR) is 66.8 cm³/mol. The normalized spacial score (nSPS) is 9.00. The van der Waals surface area contributed by atoms with Crippen LogP contribution < -0.4 is 21.7 Å². The van der Waals surface area contributed by atoms with Crippen LogP contribution in [0.2, 0.25) is 5.02 Å². The Balaban J connectivity index is 0.00000144. The monoisotopic (exact) mass is 338 g/mol. The van der Waals surface area contributed by atoms with E-state index in [1.807, 2.05) is 12.1 Å². The zero-order valence-corrected chi connectivity index (χ0v) is 13.3. The van der Waals surface area contributed by atoms with Crippen molar-refractivity contribution in [1.29, 1.82) is 0 Å². The van der Waals surface area contributed by atoms with Crippen molar-refractivity contribution in [2.75, 3.05) is 0 Å². The van der Waals surface area contributed by atoms with Crippen LogP contribution in [0.15, 0.2) is 42.5 Å². The van der Waals surface area contributed by atoms with Crippen LogP contribution in [-0.4, -0.2) is 23.1 Å². The Hall–Kier alpha value is -0.294. The first kappa shape index (κ1) is 17.7. The van der Waals surface area contributed by atoms with Crippen LogP contribution in [0.4, 0.5) is 4.39 Å². The minimum absolute atomic E-state index is 0. The third kappa shape index (κ3) is 5.56. The second kappa shape index (κ2) is 8.75. The zero-order valence-electron chi connectivity index (χ0n) is 9.50. The van der Waals surface area contributed by atoms with Crippen LogP contribution in [0.5, 0.6) is 5.75 Å². The summed E-state index contributed by atoms with van der Waals surface area (Å²) in [5, 5.41) is 0.682. The van der Waals surface area contributed by atoms with E-state index in [0.29, 0.717) is 17.4 Å². The standard InChI is InChI=1S/C13H9ClFO.BrH.Mg/c14-11-6-4-10(5-7-11)9-16-13-3-1-2-12(15)8-13;;/h1-2,4-8H,9H2;1H;/q-1;;+2/p-1. The topological polar surface area (TPSA) is 9.23 Å². The number of halogens is 3. The third-order valence-corrected chi connectivity index (χ3v) is 2.30. The SMILES string of the molecule is Fc1cc[c-]c(OCc2ccc(Cl)cc2)c1.[Br-].[Mg+2]. The van der Waals surface area contributed by atoms with Gasteiger partial charge in [0.2, 0.25) is 0 Å². The van der Waals surface area contributed by atoms with Gasteiger partial charge in [0.05, 0.1) is 0 Å². The number of rotatable bonds is 3. The fourth-order valence-corrected chi connectivity index (χ4v) is 1.37. The molecule has 0 fully saturated rings. The molecule has 0 aromatic heterocycles. The van der Waals surface area contributed by atoms with Crippen LogP contribution in [0.25, 0.3) is 0 Å². The maximum Gasteiger partial charge on any atom is 2.00 e. The molecular weight excluding hydrogens is 331 g/mol. The van der Waals surface area contributed by atoms with Crippen molar-refractivity contribution in [3.05, 3.63) is 64.9 Å². The quantitative estimate of drug-likeness (QED) is 0.584. The van der Waals surface area contributed by atoms with E-state index < -0.39 is 0 Å². The number of hydrogen-bond acceptors (Lipinski definition) is 1. The smallest absolute Gasteiger partial charge is 1.00 e. The molecule has 18 heavy (non-hydrogen) atoms. The Labute approximate surface area is 137 Å². The molecule has 0 spiro atoms. The summed E-state index contributed by atoms with van der Waals surface area (Å²) in [6, 6.07) is 14.2. The van der Waals surface area contributed by atoms with Crippen LogP contribution in [0.1, 0.15) is 5.56 Å². The minimum Gasteiger partial charge on any atom is -1.00 e. The van der Waals surface area contributed by atoms with Crippen molar-refractivity contribution in [2.45, 2.75) is 6.61 Å². The molecule has 0 amide bonds. The van der Waals surface area contributed by atoms with Crippen molar-refractivity contribution in [1.82, 2.24) is 0 Å². The van der Waals surface area contributed by atoms with Gasteiger partial charge in [-0.25, -0.2) is 4.39 Å². The van der Waals surface area contributed by atoms with Gasteiger partial charge in [-0.3, -0.25) is 0 Å². The van der Waals surface area contributed by atoms with Gasteiger partial charge in [-0.05, 0) is 17.7 Å². The molecule has 0 heterocycles. The molecule has 1 nitrogen and oxygen atoms in total. The molecule has 0 radical (unpaired) electrons. The number of benzene rings is 2. The molecule has 0 aliphatic carbocycles. The molecular formula is C13H9BrClFMgO. The molecule has 0 unspecified atom stereocenters. The third-order valence-electron chi connectivity index (χ3n) is 2.04. The first-order chi connectivity index (χ1) is 7.74. The fourth-order valence-electron chi connectivity index (χ4n) is 1.24. The second-order valence-electron chi connectivity index (χ2n) is 3.29. The second-order valence-corrected chi connectivity index (χ2v) is 3.72. The fraction of sp³-hybridized carbons (Fsp3) is 0.0769. The number of ether oxygens (including phenoxy) is 1.